The van der Waals surface area contributed by atoms with Crippen molar-refractivity contribution in [1.29, 1.82) is 0 Å². The zero-order valence-electron chi connectivity index (χ0n) is 9.67. The second kappa shape index (κ2) is 4.20. The molecule has 0 saturated heterocycles. The molecule has 0 aromatic carbocycles. The summed E-state index contributed by atoms with van der Waals surface area (Å²) in [7, 11) is 1.64. The number of carbonyl (C=O) groups is 1. The van der Waals surface area contributed by atoms with Crippen LogP contribution in [0.3, 0.4) is 0 Å². The summed E-state index contributed by atoms with van der Waals surface area (Å²) in [5.74, 6) is -0.0113. The van der Waals surface area contributed by atoms with Crippen LogP contribution in [0.5, 0.6) is 0 Å². The van der Waals surface area contributed by atoms with Crippen molar-refractivity contribution in [2.45, 2.75) is 18.9 Å². The first-order valence-electron chi connectivity index (χ1n) is 5.56. The lowest BCUT2D eigenvalue weighted by molar-refractivity contribution is 0.101. The van der Waals surface area contributed by atoms with Crippen molar-refractivity contribution < 1.29 is 4.79 Å². The summed E-state index contributed by atoms with van der Waals surface area (Å²) in [6.45, 7) is 0. The number of rotatable bonds is 3. The average Bonchev–Trinajstić information content (AvgIpc) is 2.98. The van der Waals surface area contributed by atoms with E-state index in [2.05, 4.69) is 36.7 Å². The Kier molecular flexibility index (Phi) is 2.66. The topological polar surface area (TPSA) is 77.6 Å². The molecule has 1 aliphatic carbocycles. The number of aromatic nitrogens is 5. The van der Waals surface area contributed by atoms with Gasteiger partial charge in [0.05, 0.1) is 7.05 Å². The van der Waals surface area contributed by atoms with E-state index in [4.69, 9.17) is 0 Å². The molecule has 1 N–H and O–H groups in total. The molecule has 3 rings (SSSR count). The number of halogens is 1. The van der Waals surface area contributed by atoms with Gasteiger partial charge in [-0.15, -0.1) is 5.10 Å². The minimum atomic E-state index is -0.222. The van der Waals surface area contributed by atoms with Gasteiger partial charge >= 0.3 is 0 Å². The Balaban J connectivity index is 1.83. The Hall–Kier alpha value is -1.70. The Labute approximate surface area is 111 Å². The maximum absolute atomic E-state index is 12.1. The third-order valence-electron chi connectivity index (χ3n) is 2.72. The fourth-order valence-corrected chi connectivity index (χ4v) is 2.22. The van der Waals surface area contributed by atoms with Crippen LogP contribution in [0, 0.1) is 0 Å². The molecule has 1 saturated carbocycles. The first-order valence-corrected chi connectivity index (χ1v) is 6.35. The second-order valence-corrected chi connectivity index (χ2v) is 5.15. The maximum atomic E-state index is 12.1. The number of carbonyl (C=O) groups excluding carboxylic acids is 1. The van der Waals surface area contributed by atoms with Crippen LogP contribution in [-0.2, 0) is 7.05 Å². The minimum Gasteiger partial charge on any atom is -0.339 e. The monoisotopic (exact) mass is 310 g/mol. The number of nitrogens with zero attached hydrogens (tertiary/aromatic N) is 5. The molecule has 7 nitrogen and oxygen atoms in total. The molecular weight excluding hydrogens is 300 g/mol. The number of hydrogen-bond acceptors (Lipinski definition) is 4. The molecule has 0 atom stereocenters. The lowest BCUT2D eigenvalue weighted by Crippen LogP contribution is -2.17. The molecular formula is C10H11BrN6O. The number of nitrogens with one attached hydrogen (secondary N) is 1. The third-order valence-corrected chi connectivity index (χ3v) is 3.16. The van der Waals surface area contributed by atoms with Crippen molar-refractivity contribution in [2.24, 2.45) is 7.05 Å². The van der Waals surface area contributed by atoms with Crippen LogP contribution >= 0.6 is 15.9 Å². The van der Waals surface area contributed by atoms with Crippen LogP contribution in [0.2, 0.25) is 0 Å². The van der Waals surface area contributed by atoms with Crippen molar-refractivity contribution in [1.82, 2.24) is 24.8 Å². The van der Waals surface area contributed by atoms with Crippen LogP contribution in [0.4, 0.5) is 5.95 Å². The van der Waals surface area contributed by atoms with Crippen LogP contribution in [0.25, 0.3) is 0 Å². The summed E-state index contributed by atoms with van der Waals surface area (Å²) < 4.78 is 2.88. The average molecular weight is 311 g/mol. The SMILES string of the molecule is Cn1nnc(NC(=O)c2cc(Br)cn2C2CC2)n1. The van der Waals surface area contributed by atoms with Crippen molar-refractivity contribution >= 4 is 27.8 Å². The van der Waals surface area contributed by atoms with Gasteiger partial charge in [-0.05, 0) is 40.1 Å². The quantitative estimate of drug-likeness (QED) is 0.928. The fourth-order valence-electron chi connectivity index (χ4n) is 1.78. The van der Waals surface area contributed by atoms with E-state index in [-0.39, 0.29) is 11.9 Å². The van der Waals surface area contributed by atoms with E-state index in [0.717, 1.165) is 17.3 Å². The molecule has 2 heterocycles. The highest BCUT2D eigenvalue weighted by atomic mass is 79.9. The predicted molar refractivity (Wildman–Crippen MR) is 67.2 cm³/mol. The van der Waals surface area contributed by atoms with Crippen molar-refractivity contribution in [3.63, 3.8) is 0 Å². The maximum Gasteiger partial charge on any atom is 0.274 e. The van der Waals surface area contributed by atoms with Crippen LogP contribution in [-0.4, -0.2) is 30.7 Å². The highest BCUT2D eigenvalue weighted by Crippen LogP contribution is 2.37. The molecule has 1 fully saturated rings. The zero-order valence-corrected chi connectivity index (χ0v) is 11.3. The summed E-state index contributed by atoms with van der Waals surface area (Å²) in [5.41, 5.74) is 0.608. The largest absolute Gasteiger partial charge is 0.339 e. The van der Waals surface area contributed by atoms with E-state index in [1.807, 2.05) is 10.8 Å². The van der Waals surface area contributed by atoms with Gasteiger partial charge in [-0.25, -0.2) is 0 Å². The summed E-state index contributed by atoms with van der Waals surface area (Å²) in [4.78, 5) is 13.4. The van der Waals surface area contributed by atoms with Crippen molar-refractivity contribution in [2.75, 3.05) is 5.32 Å². The molecule has 94 valence electrons. The molecule has 0 spiro atoms. The number of anilines is 1. The van der Waals surface area contributed by atoms with Crippen LogP contribution < -0.4 is 5.32 Å². The predicted octanol–water partition coefficient (Wildman–Crippen LogP) is 1.36. The van der Waals surface area contributed by atoms with Gasteiger partial charge in [0.15, 0.2) is 0 Å². The van der Waals surface area contributed by atoms with Crippen molar-refractivity contribution in [3.8, 4) is 0 Å². The van der Waals surface area contributed by atoms with Gasteiger partial charge in [0, 0.05) is 16.7 Å². The molecule has 0 bridgehead atoms. The Morgan fingerprint density at radius 2 is 2.33 bits per heavy atom. The van der Waals surface area contributed by atoms with Gasteiger partial charge in [-0.1, -0.05) is 5.10 Å². The van der Waals surface area contributed by atoms with Gasteiger partial charge in [-0.2, -0.15) is 4.80 Å². The standard InChI is InChI=1S/C10H11BrN6O/c1-16-14-10(13-15-16)12-9(18)8-4-6(11)5-17(8)7-2-3-7/h4-5,7H,2-3H2,1H3,(H,12,14,18). The van der Waals surface area contributed by atoms with E-state index in [1.54, 1.807) is 13.1 Å². The molecule has 2 aromatic heterocycles. The van der Waals surface area contributed by atoms with E-state index in [0.29, 0.717) is 11.7 Å². The minimum absolute atomic E-state index is 0.210. The summed E-state index contributed by atoms with van der Waals surface area (Å²) >= 11 is 3.39. The van der Waals surface area contributed by atoms with Crippen LogP contribution in [0.15, 0.2) is 16.7 Å². The Morgan fingerprint density at radius 1 is 1.56 bits per heavy atom. The molecule has 8 heteroatoms. The molecule has 0 radical (unpaired) electrons. The smallest absolute Gasteiger partial charge is 0.274 e. The van der Waals surface area contributed by atoms with E-state index in [9.17, 15) is 4.79 Å². The normalized spacial score (nSPS) is 14.8. The third kappa shape index (κ3) is 2.15. The molecule has 1 amide bonds. The van der Waals surface area contributed by atoms with Crippen LogP contribution in [0.1, 0.15) is 29.4 Å². The molecule has 18 heavy (non-hydrogen) atoms. The number of aryl methyl sites for hydroxylation is 1. The first-order chi connectivity index (χ1) is 8.63. The first kappa shape index (κ1) is 11.4. The zero-order chi connectivity index (χ0) is 12.7. The highest BCUT2D eigenvalue weighted by molar-refractivity contribution is 9.10. The lowest BCUT2D eigenvalue weighted by atomic mass is 10.4. The van der Waals surface area contributed by atoms with Gasteiger partial charge in [0.25, 0.3) is 11.9 Å². The fraction of sp³-hybridized carbons (Fsp3) is 0.400. The lowest BCUT2D eigenvalue weighted by Gasteiger charge is -2.05. The Morgan fingerprint density at radius 3 is 2.94 bits per heavy atom. The second-order valence-electron chi connectivity index (χ2n) is 4.24. The summed E-state index contributed by atoms with van der Waals surface area (Å²) in [6.07, 6.45) is 4.16. The van der Waals surface area contributed by atoms with E-state index in [1.165, 1.54) is 4.80 Å². The number of tetrazole rings is 1. The Bertz CT molecular complexity index is 599. The number of amides is 1. The molecule has 0 aliphatic heterocycles. The van der Waals surface area contributed by atoms with Gasteiger partial charge in [-0.3, -0.25) is 10.1 Å². The molecule has 2 aromatic rings. The van der Waals surface area contributed by atoms with Crippen molar-refractivity contribution in [3.05, 3.63) is 22.4 Å². The molecule has 0 unspecified atom stereocenters. The van der Waals surface area contributed by atoms with E-state index >= 15 is 0 Å². The van der Waals surface area contributed by atoms with E-state index < -0.39 is 0 Å². The highest BCUT2D eigenvalue weighted by Gasteiger charge is 2.28. The van der Waals surface area contributed by atoms with Gasteiger partial charge in [0.2, 0.25) is 0 Å². The molecule has 1 aliphatic rings. The summed E-state index contributed by atoms with van der Waals surface area (Å²) in [6, 6.07) is 2.23. The summed E-state index contributed by atoms with van der Waals surface area (Å²) in [5, 5.41) is 13.9. The van der Waals surface area contributed by atoms with Gasteiger partial charge < -0.3 is 4.57 Å². The van der Waals surface area contributed by atoms with Gasteiger partial charge in [0.1, 0.15) is 5.69 Å². The number of hydrogen-bond donors (Lipinski definition) is 1.